The predicted molar refractivity (Wildman–Crippen MR) is 65.9 cm³/mol. The normalized spacial score (nSPS) is 24.9. The summed E-state index contributed by atoms with van der Waals surface area (Å²) in [7, 11) is 0. The van der Waals surface area contributed by atoms with Gasteiger partial charge in [-0.15, -0.1) is 0 Å². The first kappa shape index (κ1) is 11.0. The van der Waals surface area contributed by atoms with Crippen molar-refractivity contribution in [1.82, 2.24) is 9.97 Å². The van der Waals surface area contributed by atoms with Gasteiger partial charge in [0.25, 0.3) is 0 Å². The quantitative estimate of drug-likeness (QED) is 0.795. The van der Waals surface area contributed by atoms with E-state index in [2.05, 4.69) is 14.9 Å². The Morgan fingerprint density at radius 3 is 3.00 bits per heavy atom. The van der Waals surface area contributed by atoms with Gasteiger partial charge in [-0.25, -0.2) is 4.98 Å². The molecule has 1 aromatic rings. The summed E-state index contributed by atoms with van der Waals surface area (Å²) in [5.74, 6) is 1.83. The average Bonchev–Trinajstić information content (AvgIpc) is 3.22. The Bertz CT molecular complexity index is 353. The summed E-state index contributed by atoms with van der Waals surface area (Å²) in [5.41, 5.74) is 0. The van der Waals surface area contributed by atoms with Gasteiger partial charge < -0.3 is 9.64 Å². The molecule has 3 rings (SSSR count). The van der Waals surface area contributed by atoms with Gasteiger partial charge in [0.1, 0.15) is 5.82 Å². The fourth-order valence-corrected chi connectivity index (χ4v) is 2.29. The molecule has 0 amide bonds. The van der Waals surface area contributed by atoms with Crippen molar-refractivity contribution in [2.75, 3.05) is 24.6 Å². The number of hydrogen-bond donors (Lipinski definition) is 0. The first-order valence-electron chi connectivity index (χ1n) is 6.54. The molecule has 4 nitrogen and oxygen atoms in total. The van der Waals surface area contributed by atoms with Gasteiger partial charge in [-0.3, -0.25) is 4.98 Å². The molecule has 0 bridgehead atoms. The molecule has 0 N–H and O–H groups in total. The summed E-state index contributed by atoms with van der Waals surface area (Å²) < 4.78 is 5.97. The third kappa shape index (κ3) is 2.94. The smallest absolute Gasteiger partial charge is 0.147 e. The highest BCUT2D eigenvalue weighted by Gasteiger charge is 2.26. The zero-order chi connectivity index (χ0) is 11.5. The van der Waals surface area contributed by atoms with E-state index < -0.39 is 0 Å². The van der Waals surface area contributed by atoms with E-state index in [-0.39, 0.29) is 0 Å². The average molecular weight is 233 g/mol. The molecule has 2 aliphatic rings. The van der Waals surface area contributed by atoms with Gasteiger partial charge >= 0.3 is 0 Å². The van der Waals surface area contributed by atoms with Crippen LogP contribution in [0.25, 0.3) is 0 Å². The molecular formula is C13H19N3O. The molecule has 0 unspecified atom stereocenters. The number of aromatic nitrogens is 2. The second-order valence-electron chi connectivity index (χ2n) is 5.05. The van der Waals surface area contributed by atoms with Crippen molar-refractivity contribution < 1.29 is 4.74 Å². The van der Waals surface area contributed by atoms with Crippen molar-refractivity contribution in [2.45, 2.75) is 31.8 Å². The van der Waals surface area contributed by atoms with E-state index in [4.69, 9.17) is 4.74 Å². The molecule has 0 aromatic carbocycles. The van der Waals surface area contributed by atoms with Crippen molar-refractivity contribution in [1.29, 1.82) is 0 Å². The van der Waals surface area contributed by atoms with Crippen LogP contribution in [0.5, 0.6) is 0 Å². The molecule has 4 heteroatoms. The molecule has 1 aliphatic carbocycles. The van der Waals surface area contributed by atoms with Crippen LogP contribution in [0, 0.1) is 5.92 Å². The minimum Gasteiger partial charge on any atom is -0.376 e. The Kier molecular flexibility index (Phi) is 3.22. The van der Waals surface area contributed by atoms with E-state index in [9.17, 15) is 0 Å². The van der Waals surface area contributed by atoms with Gasteiger partial charge in [-0.1, -0.05) is 0 Å². The number of ether oxygens (including phenoxy) is 1. The summed E-state index contributed by atoms with van der Waals surface area (Å²) in [4.78, 5) is 10.8. The zero-order valence-corrected chi connectivity index (χ0v) is 10.1. The van der Waals surface area contributed by atoms with Crippen LogP contribution >= 0.6 is 0 Å². The third-order valence-electron chi connectivity index (χ3n) is 3.52. The van der Waals surface area contributed by atoms with Gasteiger partial charge in [0.05, 0.1) is 12.3 Å². The number of anilines is 1. The predicted octanol–water partition coefficient (Wildman–Crippen LogP) is 1.87. The minimum atomic E-state index is 0.381. The van der Waals surface area contributed by atoms with Gasteiger partial charge in [-0.05, 0) is 31.6 Å². The molecule has 92 valence electrons. The lowest BCUT2D eigenvalue weighted by Gasteiger charge is -2.33. The Labute approximate surface area is 102 Å². The highest BCUT2D eigenvalue weighted by molar-refractivity contribution is 5.35. The molecular weight excluding hydrogens is 214 g/mol. The van der Waals surface area contributed by atoms with Crippen LogP contribution in [0.1, 0.15) is 25.7 Å². The lowest BCUT2D eigenvalue weighted by Crippen LogP contribution is -2.40. The van der Waals surface area contributed by atoms with E-state index in [0.717, 1.165) is 31.4 Å². The number of rotatable bonds is 4. The summed E-state index contributed by atoms with van der Waals surface area (Å²) >= 11 is 0. The second-order valence-corrected chi connectivity index (χ2v) is 5.05. The van der Waals surface area contributed by atoms with Gasteiger partial charge in [0, 0.05) is 32.1 Å². The molecule has 0 radical (unpaired) electrons. The molecule has 0 spiro atoms. The number of hydrogen-bond acceptors (Lipinski definition) is 4. The third-order valence-corrected chi connectivity index (χ3v) is 3.52. The van der Waals surface area contributed by atoms with Crippen molar-refractivity contribution in [3.63, 3.8) is 0 Å². The van der Waals surface area contributed by atoms with E-state index in [1.807, 2.05) is 6.20 Å². The summed E-state index contributed by atoms with van der Waals surface area (Å²) in [5, 5.41) is 0. The maximum atomic E-state index is 5.97. The monoisotopic (exact) mass is 233 g/mol. The van der Waals surface area contributed by atoms with Crippen LogP contribution in [0.15, 0.2) is 18.6 Å². The Hall–Kier alpha value is -1.16. The summed E-state index contributed by atoms with van der Waals surface area (Å²) in [6.45, 7) is 2.99. The van der Waals surface area contributed by atoms with Crippen molar-refractivity contribution in [3.05, 3.63) is 18.6 Å². The topological polar surface area (TPSA) is 38.2 Å². The molecule has 1 saturated carbocycles. The maximum Gasteiger partial charge on any atom is 0.147 e. The molecule has 1 saturated heterocycles. The first-order chi connectivity index (χ1) is 8.42. The van der Waals surface area contributed by atoms with Gasteiger partial charge in [-0.2, -0.15) is 0 Å². The largest absolute Gasteiger partial charge is 0.376 e. The van der Waals surface area contributed by atoms with Crippen LogP contribution in [-0.4, -0.2) is 35.8 Å². The molecule has 1 atom stereocenters. The van der Waals surface area contributed by atoms with Crippen molar-refractivity contribution in [3.8, 4) is 0 Å². The molecule has 17 heavy (non-hydrogen) atoms. The summed E-state index contributed by atoms with van der Waals surface area (Å²) in [6, 6.07) is 0. The molecule has 1 aliphatic heterocycles. The van der Waals surface area contributed by atoms with E-state index >= 15 is 0 Å². The maximum absolute atomic E-state index is 5.97. The van der Waals surface area contributed by atoms with Crippen LogP contribution in [-0.2, 0) is 4.74 Å². The van der Waals surface area contributed by atoms with Crippen LogP contribution in [0.3, 0.4) is 0 Å². The van der Waals surface area contributed by atoms with Crippen LogP contribution in [0.2, 0.25) is 0 Å². The Morgan fingerprint density at radius 2 is 2.24 bits per heavy atom. The molecule has 2 heterocycles. The number of piperidine rings is 1. The minimum absolute atomic E-state index is 0.381. The van der Waals surface area contributed by atoms with Crippen LogP contribution in [0.4, 0.5) is 5.82 Å². The molecule has 1 aromatic heterocycles. The lowest BCUT2D eigenvalue weighted by molar-refractivity contribution is 0.0367. The fraction of sp³-hybridized carbons (Fsp3) is 0.692. The van der Waals surface area contributed by atoms with Crippen molar-refractivity contribution >= 4 is 5.82 Å². The van der Waals surface area contributed by atoms with Gasteiger partial charge in [0.15, 0.2) is 0 Å². The van der Waals surface area contributed by atoms with E-state index in [1.165, 1.54) is 25.7 Å². The van der Waals surface area contributed by atoms with Crippen LogP contribution < -0.4 is 4.90 Å². The number of nitrogens with zero attached hydrogens (tertiary/aromatic N) is 3. The summed E-state index contributed by atoms with van der Waals surface area (Å²) in [6.07, 6.45) is 10.8. The highest BCUT2D eigenvalue weighted by atomic mass is 16.5. The highest BCUT2D eigenvalue weighted by Crippen LogP contribution is 2.30. The SMILES string of the molecule is c1cnc(N2CCC[C@H](OCC3CC3)C2)cn1. The second kappa shape index (κ2) is 5.00. The van der Waals surface area contributed by atoms with E-state index in [1.54, 1.807) is 12.4 Å². The Balaban J connectivity index is 1.55. The lowest BCUT2D eigenvalue weighted by atomic mass is 10.1. The first-order valence-corrected chi connectivity index (χ1v) is 6.54. The van der Waals surface area contributed by atoms with Crippen molar-refractivity contribution in [2.24, 2.45) is 5.92 Å². The molecule has 2 fully saturated rings. The fourth-order valence-electron chi connectivity index (χ4n) is 2.29. The van der Waals surface area contributed by atoms with E-state index in [0.29, 0.717) is 6.10 Å². The standard InChI is InChI=1S/C13H19N3O/c1-2-12(17-10-11-3-4-11)9-16(7-1)13-8-14-5-6-15-13/h5-6,8,11-12H,1-4,7,9-10H2/t12-/m0/s1. The van der Waals surface area contributed by atoms with Gasteiger partial charge in [0.2, 0.25) is 0 Å². The Morgan fingerprint density at radius 1 is 1.29 bits per heavy atom. The zero-order valence-electron chi connectivity index (χ0n) is 10.1.